The molecule has 0 radical (unpaired) electrons. The molecule has 1 aromatic carbocycles. The zero-order valence-electron chi connectivity index (χ0n) is 20.6. The molecule has 1 aliphatic rings. The molecule has 0 saturated carbocycles. The number of hydrogen-bond donors (Lipinski definition) is 3. The predicted octanol–water partition coefficient (Wildman–Crippen LogP) is 5.38. The lowest BCUT2D eigenvalue weighted by Gasteiger charge is -2.40. The second-order valence-electron chi connectivity index (χ2n) is 9.61. The maximum absolute atomic E-state index is 12.8. The molecule has 3 heterocycles. The number of amides is 1. The van der Waals surface area contributed by atoms with Crippen molar-refractivity contribution in [2.75, 3.05) is 26.7 Å². The number of ether oxygens (including phenoxy) is 1. The van der Waals surface area contributed by atoms with Crippen molar-refractivity contribution in [3.63, 3.8) is 0 Å². The molecule has 1 unspecified atom stereocenters. The van der Waals surface area contributed by atoms with E-state index in [1.807, 2.05) is 23.7 Å². The molecule has 0 bridgehead atoms. The van der Waals surface area contributed by atoms with Gasteiger partial charge in [0.1, 0.15) is 5.75 Å². The van der Waals surface area contributed by atoms with Crippen LogP contribution < -0.4 is 10.2 Å². The zero-order valence-corrected chi connectivity index (χ0v) is 22.2. The second kappa shape index (κ2) is 12.3. The van der Waals surface area contributed by atoms with Crippen LogP contribution in [0, 0.1) is 5.41 Å². The Hall–Kier alpha value is -2.23. The number of piperidine rings is 1. The number of fused-ring (bicyclic) bond motifs is 1. The number of thiophene rings is 1. The monoisotopic (exact) mass is 531 g/mol. The number of aliphatic hydroxyl groups is 1. The van der Waals surface area contributed by atoms with E-state index in [9.17, 15) is 15.1 Å². The molecule has 36 heavy (non-hydrogen) atoms. The summed E-state index contributed by atoms with van der Waals surface area (Å²) in [5, 5.41) is 26.1. The summed E-state index contributed by atoms with van der Waals surface area (Å²) in [6.07, 6.45) is 6.07. The van der Waals surface area contributed by atoms with E-state index in [-0.39, 0.29) is 5.91 Å². The highest BCUT2D eigenvalue weighted by Gasteiger charge is 2.41. The van der Waals surface area contributed by atoms with Crippen LogP contribution in [-0.4, -0.2) is 52.8 Å². The number of pyridine rings is 1. The molecular formula is C27H34ClN3O4S. The molecule has 1 amide bonds. The topological polar surface area (TPSA) is 94.9 Å². The number of aromatic nitrogens is 1. The highest BCUT2D eigenvalue weighted by Crippen LogP contribution is 2.41. The molecule has 9 heteroatoms. The van der Waals surface area contributed by atoms with Gasteiger partial charge in [0, 0.05) is 17.1 Å². The number of carbonyl (C=O) groups excluding carboxylic acids is 1. The quantitative estimate of drug-likeness (QED) is 0.175. The summed E-state index contributed by atoms with van der Waals surface area (Å²) in [6.45, 7) is 2.58. The first-order valence-electron chi connectivity index (χ1n) is 12.4. The van der Waals surface area contributed by atoms with Gasteiger partial charge in [-0.3, -0.25) is 15.0 Å². The van der Waals surface area contributed by atoms with Crippen LogP contribution in [0.25, 0.3) is 10.9 Å². The summed E-state index contributed by atoms with van der Waals surface area (Å²) in [6, 6.07) is 7.65. The number of unbranched alkanes of at least 4 members (excludes halogenated alkanes) is 1. The summed E-state index contributed by atoms with van der Waals surface area (Å²) in [5.74, 6) is 0.276. The molecule has 1 fully saturated rings. The van der Waals surface area contributed by atoms with E-state index in [1.54, 1.807) is 24.6 Å². The molecule has 3 N–H and O–H groups in total. The average molecular weight is 532 g/mol. The molecular weight excluding hydrogens is 498 g/mol. The highest BCUT2D eigenvalue weighted by atomic mass is 35.5. The third kappa shape index (κ3) is 6.18. The normalized spacial score (nSPS) is 16.7. The first kappa shape index (κ1) is 26.8. The number of hydroxylamine groups is 1. The number of nitrogens with one attached hydrogen (secondary N) is 1. The van der Waals surface area contributed by atoms with E-state index in [4.69, 9.17) is 16.3 Å². The minimum atomic E-state index is -0.881. The van der Waals surface area contributed by atoms with Gasteiger partial charge in [-0.1, -0.05) is 11.6 Å². The Kier molecular flexibility index (Phi) is 9.19. The fourth-order valence-electron chi connectivity index (χ4n) is 5.20. The Morgan fingerprint density at radius 2 is 2.11 bits per heavy atom. The lowest BCUT2D eigenvalue weighted by Crippen LogP contribution is -2.48. The van der Waals surface area contributed by atoms with Crippen LogP contribution in [0.1, 0.15) is 55.8 Å². The Balaban J connectivity index is 1.38. The van der Waals surface area contributed by atoms with Gasteiger partial charge in [-0.25, -0.2) is 5.48 Å². The van der Waals surface area contributed by atoms with Gasteiger partial charge >= 0.3 is 0 Å². The fraction of sp³-hybridized carbons (Fsp3) is 0.481. The Morgan fingerprint density at radius 3 is 2.81 bits per heavy atom. The number of carbonyl (C=O) groups is 1. The number of aryl methyl sites for hydroxylation is 1. The fourth-order valence-corrected chi connectivity index (χ4v) is 6.18. The van der Waals surface area contributed by atoms with Gasteiger partial charge < -0.3 is 14.7 Å². The van der Waals surface area contributed by atoms with Crippen LogP contribution in [0.5, 0.6) is 5.75 Å². The summed E-state index contributed by atoms with van der Waals surface area (Å²) < 4.78 is 5.34. The second-order valence-corrected chi connectivity index (χ2v) is 10.8. The molecule has 4 rings (SSSR count). The minimum absolute atomic E-state index is 0.337. The number of likely N-dealkylation sites (tertiary alicyclic amines) is 1. The summed E-state index contributed by atoms with van der Waals surface area (Å²) in [5.41, 5.74) is 3.86. The molecule has 7 nitrogen and oxygen atoms in total. The van der Waals surface area contributed by atoms with Gasteiger partial charge in [-0.05, 0) is 105 Å². The van der Waals surface area contributed by atoms with E-state index in [2.05, 4.69) is 26.7 Å². The minimum Gasteiger partial charge on any atom is -0.497 e. The number of aliphatic hydroxyl groups excluding tert-OH is 1. The molecule has 0 aliphatic carbocycles. The summed E-state index contributed by atoms with van der Waals surface area (Å²) in [4.78, 5) is 19.5. The first-order valence-corrected chi connectivity index (χ1v) is 13.8. The lowest BCUT2D eigenvalue weighted by atomic mass is 9.73. The van der Waals surface area contributed by atoms with E-state index in [0.717, 1.165) is 44.3 Å². The number of benzene rings is 1. The zero-order chi connectivity index (χ0) is 25.5. The van der Waals surface area contributed by atoms with Crippen LogP contribution >= 0.6 is 22.9 Å². The lowest BCUT2D eigenvalue weighted by molar-refractivity contribution is -0.143. The predicted molar refractivity (Wildman–Crippen MR) is 143 cm³/mol. The average Bonchev–Trinajstić information content (AvgIpc) is 3.43. The van der Waals surface area contributed by atoms with Crippen LogP contribution in [0.4, 0.5) is 0 Å². The molecule has 1 saturated heterocycles. The van der Waals surface area contributed by atoms with Gasteiger partial charge in [0.2, 0.25) is 5.91 Å². The largest absolute Gasteiger partial charge is 0.497 e. The van der Waals surface area contributed by atoms with Crippen molar-refractivity contribution in [3.05, 3.63) is 57.4 Å². The van der Waals surface area contributed by atoms with Crippen LogP contribution in [0.2, 0.25) is 5.02 Å². The molecule has 0 spiro atoms. The third-order valence-corrected chi connectivity index (χ3v) is 8.50. The van der Waals surface area contributed by atoms with Crippen LogP contribution in [-0.2, 0) is 11.2 Å². The third-order valence-electron chi connectivity index (χ3n) is 7.46. The SMILES string of the molecule is COc1ccc2ncc(Cl)c(C(O)CCC3(C(=O)NO)CCN(CCCCc4ccsc4)CC3)c2c1. The van der Waals surface area contributed by atoms with Crippen LogP contribution in [0.15, 0.2) is 41.2 Å². The Labute approximate surface area is 221 Å². The van der Waals surface area contributed by atoms with Gasteiger partial charge in [0.25, 0.3) is 0 Å². The number of nitrogens with zero attached hydrogens (tertiary/aromatic N) is 2. The molecule has 1 aliphatic heterocycles. The first-order chi connectivity index (χ1) is 17.5. The van der Waals surface area contributed by atoms with Gasteiger partial charge in [0.05, 0.1) is 29.2 Å². The van der Waals surface area contributed by atoms with Crippen molar-refractivity contribution in [1.82, 2.24) is 15.4 Å². The standard InChI is InChI=1S/C27H34ClN3O4S/c1-35-20-5-6-23-21(16-20)25(22(28)17-29-23)24(32)7-9-27(26(33)30-34)10-13-31(14-11-27)12-3-2-4-19-8-15-36-18-19/h5-6,8,15-18,24,32,34H,2-4,7,9-14H2,1H3,(H,30,33). The molecule has 194 valence electrons. The van der Waals surface area contributed by atoms with Gasteiger partial charge in [-0.2, -0.15) is 11.3 Å². The van der Waals surface area contributed by atoms with Gasteiger partial charge in [-0.15, -0.1) is 0 Å². The van der Waals surface area contributed by atoms with Gasteiger partial charge in [0.15, 0.2) is 0 Å². The molecule has 1 atom stereocenters. The number of methoxy groups -OCH3 is 1. The van der Waals surface area contributed by atoms with Crippen LogP contribution in [0.3, 0.4) is 0 Å². The molecule has 2 aromatic heterocycles. The Morgan fingerprint density at radius 1 is 1.31 bits per heavy atom. The maximum Gasteiger partial charge on any atom is 0.249 e. The smallest absolute Gasteiger partial charge is 0.249 e. The molecule has 3 aromatic rings. The van der Waals surface area contributed by atoms with Crippen molar-refractivity contribution in [2.45, 2.75) is 51.0 Å². The highest BCUT2D eigenvalue weighted by molar-refractivity contribution is 7.07. The van der Waals surface area contributed by atoms with Crippen molar-refractivity contribution < 1.29 is 19.8 Å². The number of hydrogen-bond acceptors (Lipinski definition) is 7. The van der Waals surface area contributed by atoms with E-state index in [1.165, 1.54) is 5.56 Å². The van der Waals surface area contributed by atoms with E-state index < -0.39 is 11.5 Å². The van der Waals surface area contributed by atoms with E-state index in [0.29, 0.717) is 47.5 Å². The van der Waals surface area contributed by atoms with E-state index >= 15 is 0 Å². The van der Waals surface area contributed by atoms with Crippen molar-refractivity contribution in [3.8, 4) is 5.75 Å². The maximum atomic E-state index is 12.8. The van der Waals surface area contributed by atoms with Crippen molar-refractivity contribution >= 4 is 39.7 Å². The van der Waals surface area contributed by atoms with Crippen molar-refractivity contribution in [2.24, 2.45) is 5.41 Å². The number of halogens is 1. The number of rotatable bonds is 11. The summed E-state index contributed by atoms with van der Waals surface area (Å²) >= 11 is 8.20. The van der Waals surface area contributed by atoms with Crippen molar-refractivity contribution in [1.29, 1.82) is 0 Å². The summed E-state index contributed by atoms with van der Waals surface area (Å²) in [7, 11) is 1.59. The Bertz CT molecular complexity index is 1150.